The molecule has 6 heteroatoms. The van der Waals surface area contributed by atoms with E-state index in [0.717, 1.165) is 5.56 Å². The number of hydrogen-bond donors (Lipinski definition) is 1. The van der Waals surface area contributed by atoms with Crippen molar-refractivity contribution in [1.82, 2.24) is 4.90 Å². The molecule has 22 heavy (non-hydrogen) atoms. The van der Waals surface area contributed by atoms with Crippen LogP contribution in [0.1, 0.15) is 11.1 Å². The molecular formula is C16H17N3O3. The molecule has 2 aromatic rings. The Morgan fingerprint density at radius 3 is 2.55 bits per heavy atom. The van der Waals surface area contributed by atoms with Gasteiger partial charge in [-0.15, -0.1) is 0 Å². The number of nitrogens with zero attached hydrogens (tertiary/aromatic N) is 2. The Balaban J connectivity index is 2.05. The molecule has 1 N–H and O–H groups in total. The predicted octanol–water partition coefficient (Wildman–Crippen LogP) is 3.57. The first-order valence-corrected chi connectivity index (χ1v) is 6.78. The first-order valence-electron chi connectivity index (χ1n) is 6.78. The van der Waals surface area contributed by atoms with E-state index in [9.17, 15) is 14.9 Å². The van der Waals surface area contributed by atoms with Gasteiger partial charge in [0, 0.05) is 30.9 Å². The van der Waals surface area contributed by atoms with Crippen molar-refractivity contribution < 1.29 is 9.72 Å². The molecular weight excluding hydrogens is 282 g/mol. The van der Waals surface area contributed by atoms with E-state index < -0.39 is 4.92 Å². The molecule has 0 saturated carbocycles. The first kappa shape index (κ1) is 15.5. The second kappa shape index (κ2) is 6.71. The van der Waals surface area contributed by atoms with E-state index in [1.165, 1.54) is 11.0 Å². The summed E-state index contributed by atoms with van der Waals surface area (Å²) in [4.78, 5) is 24.1. The molecule has 0 aliphatic rings. The molecule has 0 aromatic heterocycles. The van der Waals surface area contributed by atoms with Crippen molar-refractivity contribution in [3.8, 4) is 0 Å². The summed E-state index contributed by atoms with van der Waals surface area (Å²) < 4.78 is 0. The smallest absolute Gasteiger partial charge is 0.321 e. The molecule has 2 amide bonds. The number of carbonyl (C=O) groups excluding carboxylic acids is 1. The van der Waals surface area contributed by atoms with Gasteiger partial charge in [0.2, 0.25) is 0 Å². The number of nitro groups is 1. The molecule has 0 aliphatic heterocycles. The molecule has 0 heterocycles. The van der Waals surface area contributed by atoms with E-state index in [1.54, 1.807) is 26.1 Å². The number of anilines is 1. The van der Waals surface area contributed by atoms with Gasteiger partial charge in [0.1, 0.15) is 0 Å². The molecule has 114 valence electrons. The van der Waals surface area contributed by atoms with E-state index in [4.69, 9.17) is 0 Å². The van der Waals surface area contributed by atoms with Gasteiger partial charge >= 0.3 is 6.03 Å². The Labute approximate surface area is 128 Å². The second-order valence-electron chi connectivity index (χ2n) is 5.03. The van der Waals surface area contributed by atoms with Crippen LogP contribution in [0.2, 0.25) is 0 Å². The lowest BCUT2D eigenvalue weighted by Gasteiger charge is -2.18. The number of aryl methyl sites for hydroxylation is 1. The number of urea groups is 1. The summed E-state index contributed by atoms with van der Waals surface area (Å²) >= 11 is 0. The van der Waals surface area contributed by atoms with Crippen LogP contribution < -0.4 is 5.32 Å². The number of benzene rings is 2. The molecule has 2 rings (SSSR count). The number of rotatable bonds is 4. The van der Waals surface area contributed by atoms with E-state index >= 15 is 0 Å². The van der Waals surface area contributed by atoms with Crippen molar-refractivity contribution in [3.63, 3.8) is 0 Å². The number of nitro benzene ring substituents is 1. The van der Waals surface area contributed by atoms with Crippen LogP contribution in [0, 0.1) is 17.0 Å². The highest BCUT2D eigenvalue weighted by molar-refractivity contribution is 5.89. The minimum absolute atomic E-state index is 0.0106. The highest BCUT2D eigenvalue weighted by Gasteiger charge is 2.14. The summed E-state index contributed by atoms with van der Waals surface area (Å²) in [6, 6.07) is 13.9. The van der Waals surface area contributed by atoms with E-state index in [2.05, 4.69) is 5.32 Å². The van der Waals surface area contributed by atoms with Crippen molar-refractivity contribution in [2.75, 3.05) is 12.4 Å². The van der Waals surface area contributed by atoms with Crippen LogP contribution in [0.15, 0.2) is 48.5 Å². The average Bonchev–Trinajstić information content (AvgIpc) is 2.49. The lowest BCUT2D eigenvalue weighted by Crippen LogP contribution is -2.30. The van der Waals surface area contributed by atoms with Crippen molar-refractivity contribution >= 4 is 17.4 Å². The fraction of sp³-hybridized carbons (Fsp3) is 0.188. The van der Waals surface area contributed by atoms with E-state index in [0.29, 0.717) is 17.8 Å². The molecule has 0 aliphatic carbocycles. The van der Waals surface area contributed by atoms with Crippen LogP contribution in [0.5, 0.6) is 0 Å². The highest BCUT2D eigenvalue weighted by Crippen LogP contribution is 2.22. The van der Waals surface area contributed by atoms with Crippen LogP contribution in [-0.4, -0.2) is 22.9 Å². The molecule has 6 nitrogen and oxygen atoms in total. The van der Waals surface area contributed by atoms with E-state index in [-0.39, 0.29) is 11.7 Å². The van der Waals surface area contributed by atoms with Crippen molar-refractivity contribution in [2.24, 2.45) is 0 Å². The van der Waals surface area contributed by atoms with Gasteiger partial charge < -0.3 is 10.2 Å². The molecule has 0 saturated heterocycles. The van der Waals surface area contributed by atoms with Gasteiger partial charge in [0.05, 0.1) is 4.92 Å². The van der Waals surface area contributed by atoms with Crippen LogP contribution in [0.3, 0.4) is 0 Å². The Hall–Kier alpha value is -2.89. The van der Waals surface area contributed by atoms with Gasteiger partial charge in [-0.1, -0.05) is 36.4 Å². The van der Waals surface area contributed by atoms with Crippen LogP contribution >= 0.6 is 0 Å². The number of amides is 2. The molecule has 0 spiro atoms. The summed E-state index contributed by atoms with van der Waals surface area (Å²) in [5.74, 6) is 0. The minimum atomic E-state index is -0.460. The zero-order valence-electron chi connectivity index (χ0n) is 12.4. The zero-order chi connectivity index (χ0) is 16.1. The number of carbonyl (C=O) groups is 1. The number of hydrogen-bond acceptors (Lipinski definition) is 3. The fourth-order valence-corrected chi connectivity index (χ4v) is 2.03. The molecule has 0 radical (unpaired) electrons. The second-order valence-corrected chi connectivity index (χ2v) is 5.03. The predicted molar refractivity (Wildman–Crippen MR) is 84.8 cm³/mol. The van der Waals surface area contributed by atoms with Crippen molar-refractivity contribution in [1.29, 1.82) is 0 Å². The first-order chi connectivity index (χ1) is 10.5. The highest BCUT2D eigenvalue weighted by atomic mass is 16.6. The van der Waals surface area contributed by atoms with Gasteiger partial charge in [-0.05, 0) is 18.6 Å². The van der Waals surface area contributed by atoms with Gasteiger partial charge in [-0.25, -0.2) is 4.79 Å². The third-order valence-electron chi connectivity index (χ3n) is 3.27. The largest absolute Gasteiger partial charge is 0.323 e. The summed E-state index contributed by atoms with van der Waals surface area (Å²) in [5.41, 5.74) is 1.96. The lowest BCUT2D eigenvalue weighted by molar-refractivity contribution is -0.385. The third-order valence-corrected chi connectivity index (χ3v) is 3.27. The van der Waals surface area contributed by atoms with Crippen molar-refractivity contribution in [3.05, 3.63) is 69.8 Å². The summed E-state index contributed by atoms with van der Waals surface area (Å²) in [5, 5.41) is 13.6. The topological polar surface area (TPSA) is 75.5 Å². The Morgan fingerprint density at radius 2 is 1.91 bits per heavy atom. The zero-order valence-corrected chi connectivity index (χ0v) is 12.4. The maximum absolute atomic E-state index is 12.1. The van der Waals surface area contributed by atoms with Crippen molar-refractivity contribution in [2.45, 2.75) is 13.5 Å². The molecule has 0 bridgehead atoms. The summed E-state index contributed by atoms with van der Waals surface area (Å²) in [6.45, 7) is 2.12. The maximum atomic E-state index is 12.1. The van der Waals surface area contributed by atoms with Gasteiger partial charge in [0.15, 0.2) is 0 Å². The molecule has 0 atom stereocenters. The minimum Gasteiger partial charge on any atom is -0.323 e. The Morgan fingerprint density at radius 1 is 1.23 bits per heavy atom. The molecule has 0 fully saturated rings. The average molecular weight is 299 g/mol. The normalized spacial score (nSPS) is 10.1. The quantitative estimate of drug-likeness (QED) is 0.692. The molecule has 0 unspecified atom stereocenters. The Kier molecular flexibility index (Phi) is 4.73. The third kappa shape index (κ3) is 3.82. The van der Waals surface area contributed by atoms with Gasteiger partial charge in [-0.2, -0.15) is 0 Å². The Bertz CT molecular complexity index is 686. The van der Waals surface area contributed by atoms with Gasteiger partial charge in [0.25, 0.3) is 5.69 Å². The van der Waals surface area contributed by atoms with Crippen LogP contribution in [0.4, 0.5) is 16.2 Å². The number of nitrogens with one attached hydrogen (secondary N) is 1. The summed E-state index contributed by atoms with van der Waals surface area (Å²) in [6.07, 6.45) is 0. The lowest BCUT2D eigenvalue weighted by atomic mass is 10.2. The van der Waals surface area contributed by atoms with Gasteiger partial charge in [-0.3, -0.25) is 10.1 Å². The SMILES string of the molecule is Cc1ccc(NC(=O)N(C)Cc2ccccc2)cc1[N+](=O)[O-]. The monoisotopic (exact) mass is 299 g/mol. The maximum Gasteiger partial charge on any atom is 0.321 e. The molecule has 2 aromatic carbocycles. The van der Waals surface area contributed by atoms with E-state index in [1.807, 2.05) is 30.3 Å². The summed E-state index contributed by atoms with van der Waals surface area (Å²) in [7, 11) is 1.67. The standard InChI is InChI=1S/C16H17N3O3/c1-12-8-9-14(10-15(12)19(21)22)17-16(20)18(2)11-13-6-4-3-5-7-13/h3-10H,11H2,1-2H3,(H,17,20). The fourth-order valence-electron chi connectivity index (χ4n) is 2.03. The van der Waals surface area contributed by atoms with Crippen LogP contribution in [-0.2, 0) is 6.54 Å². The van der Waals surface area contributed by atoms with Crippen LogP contribution in [0.25, 0.3) is 0 Å².